The van der Waals surface area contributed by atoms with E-state index in [0.29, 0.717) is 12.2 Å². The van der Waals surface area contributed by atoms with Gasteiger partial charge in [-0.15, -0.1) is 0 Å². The van der Waals surface area contributed by atoms with E-state index in [4.69, 9.17) is 15.4 Å². The Balaban J connectivity index is 2.51. The van der Waals surface area contributed by atoms with Crippen LogP contribution in [0.5, 0.6) is 0 Å². The number of benzene rings is 1. The Morgan fingerprint density at radius 1 is 1.36 bits per heavy atom. The first-order valence-corrected chi connectivity index (χ1v) is 6.59. The van der Waals surface area contributed by atoms with Gasteiger partial charge in [0.1, 0.15) is 0 Å². The van der Waals surface area contributed by atoms with Gasteiger partial charge in [0.2, 0.25) is 0 Å². The van der Waals surface area contributed by atoms with Crippen LogP contribution in [0.2, 0.25) is 0 Å². The van der Waals surface area contributed by atoms with E-state index in [1.807, 2.05) is 12.1 Å². The van der Waals surface area contributed by atoms with Crippen molar-refractivity contribution < 1.29 is 13.2 Å². The minimum atomic E-state index is -3.69. The lowest BCUT2D eigenvalue weighted by Gasteiger charge is -2.23. The lowest BCUT2D eigenvalue weighted by atomic mass is 10.0. The summed E-state index contributed by atoms with van der Waals surface area (Å²) in [5.74, 6) is 0. The van der Waals surface area contributed by atoms with Crippen LogP contribution in [0.4, 0.5) is 0 Å². The van der Waals surface area contributed by atoms with Crippen LogP contribution >= 0.6 is 10.7 Å². The quantitative estimate of drug-likeness (QED) is 0.694. The molecular formula is C9H9ClO3S. The molecular weight excluding hydrogens is 224 g/mol. The zero-order chi connectivity index (χ0) is 10.2. The standard InChI is InChI=1S/C9H9ClO3S/c10-14(11,12)9-8-4-2-1-3-7(8)5-6-13-9/h1-4,9H,5-6H2. The molecule has 0 fully saturated rings. The van der Waals surface area contributed by atoms with E-state index in [1.54, 1.807) is 12.1 Å². The average Bonchev–Trinajstić information content (AvgIpc) is 2.15. The van der Waals surface area contributed by atoms with Crippen LogP contribution in [0, 0.1) is 0 Å². The summed E-state index contributed by atoms with van der Waals surface area (Å²) in [6.07, 6.45) is 0.735. The van der Waals surface area contributed by atoms with Crippen LogP contribution in [-0.4, -0.2) is 15.0 Å². The second kappa shape index (κ2) is 3.53. The lowest BCUT2D eigenvalue weighted by molar-refractivity contribution is 0.0970. The van der Waals surface area contributed by atoms with Gasteiger partial charge in [-0.1, -0.05) is 24.3 Å². The normalized spacial score (nSPS) is 21.6. The zero-order valence-electron chi connectivity index (χ0n) is 7.31. The summed E-state index contributed by atoms with van der Waals surface area (Å²) in [5, 5.41) is 0. The smallest absolute Gasteiger partial charge is 0.263 e. The van der Waals surface area contributed by atoms with Crippen molar-refractivity contribution in [1.29, 1.82) is 0 Å². The maximum Gasteiger partial charge on any atom is 0.263 e. The molecule has 0 bridgehead atoms. The number of hydrogen-bond acceptors (Lipinski definition) is 3. The minimum Gasteiger partial charge on any atom is -0.356 e. The van der Waals surface area contributed by atoms with Crippen LogP contribution in [0.25, 0.3) is 0 Å². The summed E-state index contributed by atoms with van der Waals surface area (Å²) in [5.41, 5.74) is 0.649. The van der Waals surface area contributed by atoms with Gasteiger partial charge in [0, 0.05) is 16.2 Å². The van der Waals surface area contributed by atoms with E-state index in [0.717, 1.165) is 12.0 Å². The second-order valence-electron chi connectivity index (χ2n) is 3.13. The van der Waals surface area contributed by atoms with Crippen molar-refractivity contribution in [2.45, 2.75) is 11.9 Å². The van der Waals surface area contributed by atoms with E-state index >= 15 is 0 Å². The Morgan fingerprint density at radius 2 is 2.07 bits per heavy atom. The topological polar surface area (TPSA) is 43.4 Å². The molecule has 5 heteroatoms. The predicted octanol–water partition coefficient (Wildman–Crippen LogP) is 1.83. The molecule has 0 N–H and O–H groups in total. The molecule has 1 heterocycles. The first-order valence-electron chi connectivity index (χ1n) is 4.22. The minimum absolute atomic E-state index is 0.396. The summed E-state index contributed by atoms with van der Waals surface area (Å²) in [6.45, 7) is 0.396. The average molecular weight is 233 g/mol. The third-order valence-electron chi connectivity index (χ3n) is 2.21. The highest BCUT2D eigenvalue weighted by atomic mass is 35.7. The number of rotatable bonds is 1. The molecule has 1 atom stereocenters. The first-order chi connectivity index (χ1) is 6.59. The van der Waals surface area contributed by atoms with Crippen molar-refractivity contribution in [2.75, 3.05) is 6.61 Å². The number of hydrogen-bond donors (Lipinski definition) is 0. The number of ether oxygens (including phenoxy) is 1. The van der Waals surface area contributed by atoms with Crippen molar-refractivity contribution >= 4 is 19.7 Å². The molecule has 0 aliphatic carbocycles. The molecule has 0 radical (unpaired) electrons. The predicted molar refractivity (Wildman–Crippen MR) is 53.6 cm³/mol. The molecule has 0 saturated carbocycles. The number of fused-ring (bicyclic) bond motifs is 1. The van der Waals surface area contributed by atoms with Gasteiger partial charge in [-0.2, -0.15) is 0 Å². The Morgan fingerprint density at radius 3 is 2.79 bits per heavy atom. The van der Waals surface area contributed by atoms with Gasteiger partial charge in [0.25, 0.3) is 9.05 Å². The van der Waals surface area contributed by atoms with Crippen molar-refractivity contribution in [2.24, 2.45) is 0 Å². The van der Waals surface area contributed by atoms with Crippen LogP contribution in [0.1, 0.15) is 16.6 Å². The molecule has 0 amide bonds. The Bertz CT molecular complexity index is 441. The summed E-state index contributed by atoms with van der Waals surface area (Å²) >= 11 is 0. The molecule has 0 saturated heterocycles. The maximum absolute atomic E-state index is 11.2. The molecule has 1 unspecified atom stereocenters. The highest BCUT2D eigenvalue weighted by molar-refractivity contribution is 8.13. The first kappa shape index (κ1) is 9.96. The third kappa shape index (κ3) is 1.78. The third-order valence-corrected chi connectivity index (χ3v) is 3.59. The van der Waals surface area contributed by atoms with E-state index < -0.39 is 14.5 Å². The van der Waals surface area contributed by atoms with Gasteiger partial charge in [-0.25, -0.2) is 8.42 Å². The van der Waals surface area contributed by atoms with Gasteiger partial charge in [-0.3, -0.25) is 0 Å². The molecule has 1 aromatic rings. The second-order valence-corrected chi connectivity index (χ2v) is 5.80. The van der Waals surface area contributed by atoms with E-state index in [9.17, 15) is 8.42 Å². The van der Waals surface area contributed by atoms with E-state index in [2.05, 4.69) is 0 Å². The van der Waals surface area contributed by atoms with Crippen LogP contribution in [0.15, 0.2) is 24.3 Å². The monoisotopic (exact) mass is 232 g/mol. The molecule has 1 aliphatic rings. The van der Waals surface area contributed by atoms with Crippen LogP contribution < -0.4 is 0 Å². The fourth-order valence-electron chi connectivity index (χ4n) is 1.59. The molecule has 0 aromatic heterocycles. The molecule has 1 aromatic carbocycles. The van der Waals surface area contributed by atoms with Gasteiger partial charge in [0.15, 0.2) is 5.44 Å². The Labute approximate surface area is 87.1 Å². The molecule has 14 heavy (non-hydrogen) atoms. The molecule has 76 valence electrons. The van der Waals surface area contributed by atoms with Crippen molar-refractivity contribution in [3.05, 3.63) is 35.4 Å². The summed E-state index contributed by atoms with van der Waals surface area (Å²) < 4.78 is 27.5. The fourth-order valence-corrected chi connectivity index (χ4v) is 2.82. The van der Waals surface area contributed by atoms with Gasteiger partial charge < -0.3 is 4.74 Å². The Hall–Kier alpha value is -0.580. The number of halogens is 1. The molecule has 1 aliphatic heterocycles. The largest absolute Gasteiger partial charge is 0.356 e. The molecule has 0 spiro atoms. The van der Waals surface area contributed by atoms with E-state index in [-0.39, 0.29) is 0 Å². The maximum atomic E-state index is 11.2. The SMILES string of the molecule is O=S(=O)(Cl)C1OCCc2ccccc21. The van der Waals surface area contributed by atoms with Gasteiger partial charge in [0.05, 0.1) is 6.61 Å². The highest BCUT2D eigenvalue weighted by Gasteiger charge is 2.30. The lowest BCUT2D eigenvalue weighted by Crippen LogP contribution is -2.20. The van der Waals surface area contributed by atoms with Gasteiger partial charge in [-0.05, 0) is 12.0 Å². The fraction of sp³-hybridized carbons (Fsp3) is 0.333. The summed E-state index contributed by atoms with van der Waals surface area (Å²) in [6, 6.07) is 7.29. The molecule has 2 rings (SSSR count). The van der Waals surface area contributed by atoms with Crippen LogP contribution in [-0.2, 0) is 20.2 Å². The highest BCUT2D eigenvalue weighted by Crippen LogP contribution is 2.33. The summed E-state index contributed by atoms with van der Waals surface area (Å²) in [4.78, 5) is 0. The van der Waals surface area contributed by atoms with Crippen LogP contribution in [0.3, 0.4) is 0 Å². The zero-order valence-corrected chi connectivity index (χ0v) is 8.88. The van der Waals surface area contributed by atoms with Crippen molar-refractivity contribution in [3.63, 3.8) is 0 Å². The molecule has 3 nitrogen and oxygen atoms in total. The Kier molecular flexibility index (Phi) is 2.51. The van der Waals surface area contributed by atoms with Crippen molar-refractivity contribution in [1.82, 2.24) is 0 Å². The summed E-state index contributed by atoms with van der Waals surface area (Å²) in [7, 11) is 1.60. The van der Waals surface area contributed by atoms with E-state index in [1.165, 1.54) is 0 Å². The van der Waals surface area contributed by atoms with Gasteiger partial charge >= 0.3 is 0 Å². The van der Waals surface area contributed by atoms with Crippen molar-refractivity contribution in [3.8, 4) is 0 Å².